The number of hydrogen-bond donors (Lipinski definition) is 0. The minimum absolute atomic E-state index is 0.0471. The summed E-state index contributed by atoms with van der Waals surface area (Å²) in [5, 5.41) is 0. The number of unbranched alkanes of at least 4 members (excludes halogenated alkanes) is 44. The van der Waals surface area contributed by atoms with Gasteiger partial charge in [-0.3, -0.25) is 19.2 Å². The Kier molecular flexibility index (Phi) is 52.1. The van der Waals surface area contributed by atoms with Crippen LogP contribution in [-0.2, 0) is 42.9 Å². The third-order valence-corrected chi connectivity index (χ3v) is 15.7. The van der Waals surface area contributed by atoms with E-state index in [9.17, 15) is 19.2 Å². The van der Waals surface area contributed by atoms with Gasteiger partial charge in [0, 0.05) is 25.7 Å². The largest absolute Gasteiger partial charge is 0.463 e. The first-order valence-corrected chi connectivity index (χ1v) is 33.2. The lowest BCUT2D eigenvalue weighted by Crippen LogP contribution is -2.59. The first kappa shape index (κ1) is 70.9. The predicted molar refractivity (Wildman–Crippen MR) is 313 cm³/mol. The fourth-order valence-corrected chi connectivity index (χ4v) is 10.7. The molecule has 1 saturated heterocycles. The van der Waals surface area contributed by atoms with Gasteiger partial charge in [-0.1, -0.05) is 310 Å². The predicted octanol–water partition coefficient (Wildman–Crippen LogP) is 20.0. The molecule has 0 saturated carbocycles. The number of carbonyl (C=O) groups excluding carboxylic acids is 4. The van der Waals surface area contributed by atoms with Crippen molar-refractivity contribution in [3.63, 3.8) is 0 Å². The molecular weight excluding hydrogens is 937 g/mol. The van der Waals surface area contributed by atoms with E-state index in [1.165, 1.54) is 218 Å². The molecule has 0 amide bonds. The number of esters is 4. The number of ether oxygens (including phenoxy) is 5. The van der Waals surface area contributed by atoms with Gasteiger partial charge in [0.05, 0.1) is 6.61 Å². The fourth-order valence-electron chi connectivity index (χ4n) is 10.7. The Morgan fingerprint density at radius 3 is 0.800 bits per heavy atom. The molecular formula is C66H124O9. The molecule has 0 aromatic carbocycles. The summed E-state index contributed by atoms with van der Waals surface area (Å²) in [6.45, 7) is 8.84. The number of hydrogen-bond acceptors (Lipinski definition) is 9. The summed E-state index contributed by atoms with van der Waals surface area (Å²) in [6, 6.07) is 0. The molecule has 0 spiro atoms. The molecule has 442 valence electrons. The topological polar surface area (TPSA) is 114 Å². The van der Waals surface area contributed by atoms with Crippen molar-refractivity contribution in [2.75, 3.05) is 13.2 Å². The highest BCUT2D eigenvalue weighted by atomic mass is 16.7. The highest BCUT2D eigenvalue weighted by Gasteiger charge is 2.48. The van der Waals surface area contributed by atoms with E-state index in [-0.39, 0.29) is 44.4 Å². The molecule has 0 aliphatic carbocycles. The van der Waals surface area contributed by atoms with E-state index in [0.29, 0.717) is 19.3 Å². The zero-order valence-electron chi connectivity index (χ0n) is 50.2. The smallest absolute Gasteiger partial charge is 0.306 e. The van der Waals surface area contributed by atoms with Gasteiger partial charge in [-0.2, -0.15) is 0 Å². The molecule has 1 fully saturated rings. The van der Waals surface area contributed by atoms with Gasteiger partial charge in [0.1, 0.15) is 12.7 Å². The molecule has 0 radical (unpaired) electrons. The zero-order chi connectivity index (χ0) is 54.3. The van der Waals surface area contributed by atoms with Crippen molar-refractivity contribution in [2.45, 2.75) is 386 Å². The fraction of sp³-hybridized carbons (Fsp3) is 0.939. The molecule has 1 aliphatic heterocycles. The van der Waals surface area contributed by atoms with Crippen molar-refractivity contribution in [1.29, 1.82) is 0 Å². The summed E-state index contributed by atoms with van der Waals surface area (Å²) >= 11 is 0. The van der Waals surface area contributed by atoms with Gasteiger partial charge in [0.15, 0.2) is 18.3 Å². The molecule has 0 N–H and O–H groups in total. The van der Waals surface area contributed by atoms with Crippen LogP contribution in [0.3, 0.4) is 0 Å². The zero-order valence-corrected chi connectivity index (χ0v) is 50.2. The Labute approximate surface area is 464 Å². The Bertz CT molecular complexity index is 1270. The minimum Gasteiger partial charge on any atom is -0.463 e. The molecule has 0 bridgehead atoms. The lowest BCUT2D eigenvalue weighted by Gasteiger charge is -2.40. The Morgan fingerprint density at radius 2 is 0.520 bits per heavy atom. The third kappa shape index (κ3) is 45.4. The van der Waals surface area contributed by atoms with Crippen molar-refractivity contribution >= 4 is 23.9 Å². The quantitative estimate of drug-likeness (QED) is 0.0334. The second-order valence-electron chi connectivity index (χ2n) is 23.0. The normalized spacial score (nSPS) is 16.5. The van der Waals surface area contributed by atoms with Gasteiger partial charge >= 0.3 is 23.9 Å². The molecule has 9 nitrogen and oxygen atoms in total. The van der Waals surface area contributed by atoms with Crippen molar-refractivity contribution in [3.8, 4) is 0 Å². The maximum Gasteiger partial charge on any atom is 0.306 e. The van der Waals surface area contributed by atoms with Crippen LogP contribution in [0.4, 0.5) is 0 Å². The van der Waals surface area contributed by atoms with Crippen LogP contribution in [0.25, 0.3) is 0 Å². The first-order valence-electron chi connectivity index (χ1n) is 33.2. The SMILES string of the molecule is CCCCCCCCCCCCCCC(=O)OC[C@H]1OC[C@H](OC(=O)CCCCCCCCCCCCCC)[C@@H](OC(=O)CCCCCCCCCCCCCC)[C@@H]1OC(=O)CCCCCCCCCCCCCC. The van der Waals surface area contributed by atoms with Crippen molar-refractivity contribution in [2.24, 2.45) is 0 Å². The summed E-state index contributed by atoms with van der Waals surface area (Å²) in [4.78, 5) is 53.9. The molecule has 75 heavy (non-hydrogen) atoms. The third-order valence-electron chi connectivity index (χ3n) is 15.7. The van der Waals surface area contributed by atoms with Gasteiger partial charge in [0.25, 0.3) is 0 Å². The first-order chi connectivity index (χ1) is 36.9. The number of rotatable bonds is 57. The van der Waals surface area contributed by atoms with Gasteiger partial charge in [-0.25, -0.2) is 0 Å². The van der Waals surface area contributed by atoms with Crippen LogP contribution in [0.5, 0.6) is 0 Å². The highest BCUT2D eigenvalue weighted by Crippen LogP contribution is 2.28. The van der Waals surface area contributed by atoms with E-state index < -0.39 is 36.4 Å². The summed E-state index contributed by atoms with van der Waals surface area (Å²) in [5.74, 6) is -1.50. The van der Waals surface area contributed by atoms with Gasteiger partial charge in [-0.05, 0) is 25.7 Å². The van der Waals surface area contributed by atoms with Crippen LogP contribution in [0.1, 0.15) is 362 Å². The maximum absolute atomic E-state index is 13.7. The summed E-state index contributed by atoms with van der Waals surface area (Å²) in [5.41, 5.74) is 0. The summed E-state index contributed by atoms with van der Waals surface area (Å²) < 4.78 is 30.6. The average Bonchev–Trinajstić information content (AvgIpc) is 3.40. The van der Waals surface area contributed by atoms with Crippen LogP contribution in [0, 0.1) is 0 Å². The van der Waals surface area contributed by atoms with E-state index in [1.807, 2.05) is 0 Å². The number of carbonyl (C=O) groups is 4. The van der Waals surface area contributed by atoms with Crippen LogP contribution in [0.15, 0.2) is 0 Å². The Balaban J connectivity index is 2.91. The average molecular weight is 1060 g/mol. The van der Waals surface area contributed by atoms with Crippen LogP contribution >= 0.6 is 0 Å². The lowest BCUT2D eigenvalue weighted by molar-refractivity contribution is -0.233. The summed E-state index contributed by atoms with van der Waals surface area (Å²) in [6.07, 6.45) is 54.6. The minimum atomic E-state index is -1.08. The molecule has 0 aromatic rings. The molecule has 1 aliphatic rings. The lowest BCUT2D eigenvalue weighted by atomic mass is 9.99. The molecule has 1 heterocycles. The molecule has 9 heteroatoms. The van der Waals surface area contributed by atoms with E-state index in [2.05, 4.69) is 27.7 Å². The van der Waals surface area contributed by atoms with E-state index >= 15 is 0 Å². The molecule has 0 aromatic heterocycles. The van der Waals surface area contributed by atoms with Gasteiger partial charge in [0.2, 0.25) is 0 Å². The van der Waals surface area contributed by atoms with Crippen LogP contribution in [0.2, 0.25) is 0 Å². The van der Waals surface area contributed by atoms with E-state index in [0.717, 1.165) is 77.0 Å². The van der Waals surface area contributed by atoms with Crippen molar-refractivity contribution in [1.82, 2.24) is 0 Å². The second kappa shape index (κ2) is 55.2. The summed E-state index contributed by atoms with van der Waals surface area (Å²) in [7, 11) is 0. The van der Waals surface area contributed by atoms with Crippen LogP contribution < -0.4 is 0 Å². The van der Waals surface area contributed by atoms with Crippen molar-refractivity contribution in [3.05, 3.63) is 0 Å². The van der Waals surface area contributed by atoms with Gasteiger partial charge in [-0.15, -0.1) is 0 Å². The van der Waals surface area contributed by atoms with E-state index in [4.69, 9.17) is 23.7 Å². The van der Waals surface area contributed by atoms with Gasteiger partial charge < -0.3 is 23.7 Å². The van der Waals surface area contributed by atoms with E-state index in [1.54, 1.807) is 0 Å². The van der Waals surface area contributed by atoms with Crippen LogP contribution in [-0.4, -0.2) is 61.5 Å². The Morgan fingerprint density at radius 1 is 0.293 bits per heavy atom. The molecule has 1 rings (SSSR count). The standard InChI is InChI=1S/C66H124O9/c1-5-9-13-17-21-25-29-33-37-41-45-49-53-61(67)72-57-59-65(74-63(69)55-51-47-43-39-35-31-27-23-19-15-11-7-3)66(75-64(70)56-52-48-44-40-36-32-28-24-20-16-12-8-4)60(58-71-59)73-62(68)54-50-46-42-38-34-30-26-22-18-14-10-6-2/h59-60,65-66H,5-58H2,1-4H3/t59-,60+,65-,66-/m1/s1. The second-order valence-corrected chi connectivity index (χ2v) is 23.0. The highest BCUT2D eigenvalue weighted by molar-refractivity contribution is 5.72. The molecule has 4 atom stereocenters. The Hall–Kier alpha value is -2.16. The maximum atomic E-state index is 13.7. The molecule has 0 unspecified atom stereocenters. The van der Waals surface area contributed by atoms with Crippen molar-refractivity contribution < 1.29 is 42.9 Å². The monoisotopic (exact) mass is 1060 g/mol.